The molecule has 1 unspecified atom stereocenters. The van der Waals surface area contributed by atoms with Crippen LogP contribution in [0.2, 0.25) is 5.02 Å². The Morgan fingerprint density at radius 2 is 2.33 bits per heavy atom. The van der Waals surface area contributed by atoms with E-state index in [4.69, 9.17) is 11.6 Å². The molecule has 0 saturated carbocycles. The van der Waals surface area contributed by atoms with Gasteiger partial charge in [-0.25, -0.2) is 4.39 Å². The molecule has 1 atom stereocenters. The summed E-state index contributed by atoms with van der Waals surface area (Å²) in [6, 6.07) is 4.09. The van der Waals surface area contributed by atoms with E-state index in [1.807, 2.05) is 0 Å². The van der Waals surface area contributed by atoms with Gasteiger partial charge in [-0.15, -0.1) is 0 Å². The first kappa shape index (κ1) is 13.8. The van der Waals surface area contributed by atoms with Crippen molar-refractivity contribution >= 4 is 33.4 Å². The summed E-state index contributed by atoms with van der Waals surface area (Å²) in [7, 11) is 0. The second kappa shape index (κ2) is 6.02. The van der Waals surface area contributed by atoms with Gasteiger partial charge in [0, 0.05) is 23.4 Å². The Balaban J connectivity index is 2.10. The van der Waals surface area contributed by atoms with Crippen molar-refractivity contribution in [2.75, 3.05) is 18.4 Å². The summed E-state index contributed by atoms with van der Waals surface area (Å²) in [6.07, 6.45) is 2.03. The maximum Gasteiger partial charge on any atom is 0.256 e. The Hall–Kier alpha value is -0.610. The Bertz CT molecular complexity index is 455. The molecule has 1 aliphatic heterocycles. The van der Waals surface area contributed by atoms with Gasteiger partial charge in [-0.3, -0.25) is 4.79 Å². The van der Waals surface area contributed by atoms with Crippen molar-refractivity contribution in [2.24, 2.45) is 5.92 Å². The number of hydrogen-bond acceptors (Lipinski definition) is 1. The molecule has 1 fully saturated rings. The number of nitrogens with zero attached hydrogens (tertiary/aromatic N) is 1. The molecule has 0 bridgehead atoms. The van der Waals surface area contributed by atoms with Gasteiger partial charge in [0.2, 0.25) is 0 Å². The topological polar surface area (TPSA) is 20.3 Å². The van der Waals surface area contributed by atoms with Crippen LogP contribution in [-0.4, -0.2) is 29.2 Å². The van der Waals surface area contributed by atoms with E-state index in [2.05, 4.69) is 15.9 Å². The largest absolute Gasteiger partial charge is 0.338 e. The van der Waals surface area contributed by atoms with Crippen LogP contribution in [-0.2, 0) is 0 Å². The maximum atomic E-state index is 13.6. The summed E-state index contributed by atoms with van der Waals surface area (Å²) < 4.78 is 13.6. The van der Waals surface area contributed by atoms with Gasteiger partial charge in [-0.05, 0) is 37.0 Å². The van der Waals surface area contributed by atoms with Crippen molar-refractivity contribution in [2.45, 2.75) is 12.8 Å². The minimum atomic E-state index is -0.506. The number of alkyl halides is 1. The molecule has 0 spiro atoms. The average Bonchev–Trinajstić information content (AvgIpc) is 2.80. The number of rotatable bonds is 3. The summed E-state index contributed by atoms with van der Waals surface area (Å²) in [5, 5.41) is 1.32. The van der Waals surface area contributed by atoms with E-state index in [1.54, 1.807) is 4.90 Å². The van der Waals surface area contributed by atoms with Crippen LogP contribution in [0.15, 0.2) is 18.2 Å². The average molecular weight is 335 g/mol. The molecule has 1 aromatic carbocycles. The van der Waals surface area contributed by atoms with Crippen molar-refractivity contribution < 1.29 is 9.18 Å². The van der Waals surface area contributed by atoms with Crippen LogP contribution < -0.4 is 0 Å². The predicted molar refractivity (Wildman–Crippen MR) is 73.8 cm³/mol. The third-order valence-electron chi connectivity index (χ3n) is 3.25. The van der Waals surface area contributed by atoms with E-state index in [9.17, 15) is 9.18 Å². The fourth-order valence-electron chi connectivity index (χ4n) is 2.24. The molecular formula is C13H14BrClFNO. The van der Waals surface area contributed by atoms with Crippen LogP contribution >= 0.6 is 27.5 Å². The monoisotopic (exact) mass is 333 g/mol. The Morgan fingerprint density at radius 1 is 1.56 bits per heavy atom. The normalized spacial score (nSPS) is 19.3. The van der Waals surface area contributed by atoms with Crippen molar-refractivity contribution in [3.63, 3.8) is 0 Å². The van der Waals surface area contributed by atoms with Crippen LogP contribution in [0.4, 0.5) is 4.39 Å². The fourth-order valence-corrected chi connectivity index (χ4v) is 3.06. The van der Waals surface area contributed by atoms with Crippen LogP contribution in [0.5, 0.6) is 0 Å². The van der Waals surface area contributed by atoms with E-state index in [0.29, 0.717) is 24.0 Å². The second-order valence-corrected chi connectivity index (χ2v) is 5.74. The van der Waals surface area contributed by atoms with Gasteiger partial charge in [0.05, 0.1) is 5.56 Å². The minimum Gasteiger partial charge on any atom is -0.338 e. The van der Waals surface area contributed by atoms with Crippen molar-refractivity contribution in [1.29, 1.82) is 0 Å². The van der Waals surface area contributed by atoms with Crippen molar-refractivity contribution in [1.82, 2.24) is 4.90 Å². The highest BCUT2D eigenvalue weighted by molar-refractivity contribution is 9.09. The van der Waals surface area contributed by atoms with Crippen molar-refractivity contribution in [3.8, 4) is 0 Å². The zero-order valence-corrected chi connectivity index (χ0v) is 12.2. The lowest BCUT2D eigenvalue weighted by Crippen LogP contribution is -2.29. The molecule has 1 aliphatic rings. The first-order chi connectivity index (χ1) is 8.61. The molecule has 1 saturated heterocycles. The van der Waals surface area contributed by atoms with Crippen LogP contribution in [0.3, 0.4) is 0 Å². The van der Waals surface area contributed by atoms with Crippen LogP contribution in [0, 0.1) is 11.7 Å². The molecule has 1 aromatic rings. The van der Waals surface area contributed by atoms with E-state index in [1.165, 1.54) is 18.2 Å². The zero-order valence-electron chi connectivity index (χ0n) is 9.83. The molecule has 0 aliphatic carbocycles. The first-order valence-corrected chi connectivity index (χ1v) is 7.42. The summed E-state index contributed by atoms with van der Waals surface area (Å²) in [5.74, 6) is -0.254. The predicted octanol–water partition coefficient (Wildman–Crippen LogP) is 3.73. The minimum absolute atomic E-state index is 0.0713. The van der Waals surface area contributed by atoms with E-state index in [-0.39, 0.29) is 11.5 Å². The number of hydrogen-bond donors (Lipinski definition) is 0. The lowest BCUT2D eigenvalue weighted by molar-refractivity contribution is 0.0782. The highest BCUT2D eigenvalue weighted by Gasteiger charge is 2.27. The fraction of sp³-hybridized carbons (Fsp3) is 0.462. The van der Waals surface area contributed by atoms with Gasteiger partial charge in [0.25, 0.3) is 5.91 Å². The molecule has 0 aromatic heterocycles. The molecule has 1 heterocycles. The Morgan fingerprint density at radius 3 is 3.06 bits per heavy atom. The van der Waals surface area contributed by atoms with Gasteiger partial charge < -0.3 is 4.90 Å². The van der Waals surface area contributed by atoms with E-state index < -0.39 is 5.82 Å². The van der Waals surface area contributed by atoms with Crippen LogP contribution in [0.25, 0.3) is 0 Å². The smallest absolute Gasteiger partial charge is 0.256 e. The number of likely N-dealkylation sites (tertiary alicyclic amines) is 1. The highest BCUT2D eigenvalue weighted by Crippen LogP contribution is 2.24. The first-order valence-electron chi connectivity index (χ1n) is 5.92. The molecular weight excluding hydrogens is 321 g/mol. The van der Waals surface area contributed by atoms with Gasteiger partial charge in [0.15, 0.2) is 0 Å². The quantitative estimate of drug-likeness (QED) is 0.771. The summed E-state index contributed by atoms with van der Waals surface area (Å²) in [5.41, 5.74) is 0.0713. The maximum absolute atomic E-state index is 13.6. The SMILES string of the molecule is O=C(c1cc(Cl)ccc1F)N1CCC(CCBr)C1. The zero-order chi connectivity index (χ0) is 13.1. The molecule has 18 heavy (non-hydrogen) atoms. The Kier molecular flexibility index (Phi) is 4.62. The third kappa shape index (κ3) is 3.04. The van der Waals surface area contributed by atoms with E-state index in [0.717, 1.165) is 18.2 Å². The third-order valence-corrected chi connectivity index (χ3v) is 3.94. The number of benzene rings is 1. The standard InChI is InChI=1S/C13H14BrClFNO/c14-5-3-9-4-6-17(8-9)13(18)11-7-10(15)1-2-12(11)16/h1-2,7,9H,3-6,8H2. The second-order valence-electron chi connectivity index (χ2n) is 4.51. The van der Waals surface area contributed by atoms with Gasteiger partial charge in [-0.1, -0.05) is 27.5 Å². The molecule has 2 rings (SSSR count). The molecule has 1 amide bonds. The Labute approximate surface area is 119 Å². The molecule has 0 N–H and O–H groups in total. The highest BCUT2D eigenvalue weighted by atomic mass is 79.9. The van der Waals surface area contributed by atoms with Crippen molar-refractivity contribution in [3.05, 3.63) is 34.6 Å². The summed E-state index contributed by atoms with van der Waals surface area (Å²) in [4.78, 5) is 13.9. The molecule has 2 nitrogen and oxygen atoms in total. The number of carbonyl (C=O) groups excluding carboxylic acids is 1. The van der Waals surface area contributed by atoms with Gasteiger partial charge >= 0.3 is 0 Å². The summed E-state index contributed by atoms with van der Waals surface area (Å²) >= 11 is 9.20. The molecule has 98 valence electrons. The summed E-state index contributed by atoms with van der Waals surface area (Å²) in [6.45, 7) is 1.40. The van der Waals surface area contributed by atoms with Crippen LogP contribution in [0.1, 0.15) is 23.2 Å². The van der Waals surface area contributed by atoms with Gasteiger partial charge in [0.1, 0.15) is 5.82 Å². The lowest BCUT2D eigenvalue weighted by Gasteiger charge is -2.17. The molecule has 5 heteroatoms. The van der Waals surface area contributed by atoms with Gasteiger partial charge in [-0.2, -0.15) is 0 Å². The molecule has 0 radical (unpaired) electrons. The number of carbonyl (C=O) groups is 1. The number of amides is 1. The number of halogens is 3. The lowest BCUT2D eigenvalue weighted by atomic mass is 10.1. The van der Waals surface area contributed by atoms with E-state index >= 15 is 0 Å².